The number of carbonyl (C=O) groups is 1. The van der Waals surface area contributed by atoms with E-state index in [2.05, 4.69) is 17.1 Å². The first-order chi connectivity index (χ1) is 9.61. The number of carbonyl (C=O) groups excluding carboxylic acids is 1. The maximum absolute atomic E-state index is 12.5. The predicted octanol–water partition coefficient (Wildman–Crippen LogP) is 2.35. The van der Waals surface area contributed by atoms with Crippen LogP contribution in [0, 0.1) is 6.92 Å². The SMILES string of the molecule is CCCN(Cc1cccc(N)c1)C(=O)c1cn[nH]c1C. The third-order valence-corrected chi connectivity index (χ3v) is 3.17. The van der Waals surface area contributed by atoms with E-state index in [-0.39, 0.29) is 5.91 Å². The molecule has 0 aliphatic heterocycles. The lowest BCUT2D eigenvalue weighted by molar-refractivity contribution is 0.0742. The Bertz CT molecular complexity index is 591. The second-order valence-corrected chi connectivity index (χ2v) is 4.88. The molecule has 2 rings (SSSR count). The number of hydrogen-bond donors (Lipinski definition) is 2. The van der Waals surface area contributed by atoms with Gasteiger partial charge in [-0.3, -0.25) is 9.89 Å². The summed E-state index contributed by atoms with van der Waals surface area (Å²) in [5, 5.41) is 6.72. The van der Waals surface area contributed by atoms with E-state index < -0.39 is 0 Å². The first kappa shape index (κ1) is 14.1. The van der Waals surface area contributed by atoms with Crippen LogP contribution in [0.4, 0.5) is 5.69 Å². The van der Waals surface area contributed by atoms with Gasteiger partial charge in [-0.25, -0.2) is 0 Å². The van der Waals surface area contributed by atoms with Gasteiger partial charge in [0.15, 0.2) is 0 Å². The monoisotopic (exact) mass is 272 g/mol. The van der Waals surface area contributed by atoms with E-state index in [0.29, 0.717) is 24.3 Å². The fourth-order valence-electron chi connectivity index (χ4n) is 2.17. The van der Waals surface area contributed by atoms with Gasteiger partial charge in [0.2, 0.25) is 0 Å². The van der Waals surface area contributed by atoms with E-state index in [1.807, 2.05) is 36.1 Å². The van der Waals surface area contributed by atoms with E-state index in [9.17, 15) is 4.79 Å². The minimum Gasteiger partial charge on any atom is -0.399 e. The van der Waals surface area contributed by atoms with E-state index >= 15 is 0 Å². The van der Waals surface area contributed by atoms with Crippen LogP contribution in [0.15, 0.2) is 30.5 Å². The second-order valence-electron chi connectivity index (χ2n) is 4.88. The Labute approximate surface area is 118 Å². The molecule has 1 aromatic carbocycles. The van der Waals surface area contributed by atoms with E-state index in [1.54, 1.807) is 6.20 Å². The molecule has 0 atom stereocenters. The molecule has 0 aliphatic rings. The normalized spacial score (nSPS) is 10.5. The zero-order chi connectivity index (χ0) is 14.5. The molecule has 0 aliphatic carbocycles. The Hall–Kier alpha value is -2.30. The highest BCUT2D eigenvalue weighted by Gasteiger charge is 2.18. The molecule has 0 saturated carbocycles. The van der Waals surface area contributed by atoms with Crippen molar-refractivity contribution >= 4 is 11.6 Å². The molecule has 3 N–H and O–H groups in total. The zero-order valence-electron chi connectivity index (χ0n) is 11.9. The van der Waals surface area contributed by atoms with Crippen LogP contribution < -0.4 is 5.73 Å². The van der Waals surface area contributed by atoms with Gasteiger partial charge in [0.05, 0.1) is 11.8 Å². The van der Waals surface area contributed by atoms with Crippen molar-refractivity contribution in [2.75, 3.05) is 12.3 Å². The molecule has 0 fully saturated rings. The Morgan fingerprint density at radius 3 is 2.85 bits per heavy atom. The predicted molar refractivity (Wildman–Crippen MR) is 79.2 cm³/mol. The summed E-state index contributed by atoms with van der Waals surface area (Å²) in [5.74, 6) is 0.000486. The van der Waals surface area contributed by atoms with Crippen LogP contribution >= 0.6 is 0 Å². The Balaban J connectivity index is 2.19. The number of aryl methyl sites for hydroxylation is 1. The number of amides is 1. The van der Waals surface area contributed by atoms with Crippen molar-refractivity contribution in [3.05, 3.63) is 47.3 Å². The standard InChI is InChI=1S/C15H20N4O/c1-3-7-19(10-12-5-4-6-13(16)8-12)15(20)14-9-17-18-11(14)2/h4-6,8-9H,3,7,10,16H2,1-2H3,(H,17,18). The number of H-pyrrole nitrogens is 1. The zero-order valence-corrected chi connectivity index (χ0v) is 11.9. The summed E-state index contributed by atoms with van der Waals surface area (Å²) >= 11 is 0. The van der Waals surface area contributed by atoms with Gasteiger partial charge in [0, 0.05) is 24.5 Å². The number of hydrogen-bond acceptors (Lipinski definition) is 3. The summed E-state index contributed by atoms with van der Waals surface area (Å²) in [6.07, 6.45) is 2.49. The number of nitrogens with one attached hydrogen (secondary N) is 1. The lowest BCUT2D eigenvalue weighted by Gasteiger charge is -2.22. The lowest BCUT2D eigenvalue weighted by Crippen LogP contribution is -2.31. The van der Waals surface area contributed by atoms with Crippen LogP contribution in [-0.4, -0.2) is 27.5 Å². The molecule has 0 spiro atoms. The number of rotatable bonds is 5. The van der Waals surface area contributed by atoms with Gasteiger partial charge in [-0.05, 0) is 31.0 Å². The van der Waals surface area contributed by atoms with Crippen LogP contribution in [-0.2, 0) is 6.54 Å². The van der Waals surface area contributed by atoms with Gasteiger partial charge in [-0.2, -0.15) is 5.10 Å². The third kappa shape index (κ3) is 3.17. The van der Waals surface area contributed by atoms with E-state index in [0.717, 1.165) is 17.7 Å². The summed E-state index contributed by atoms with van der Waals surface area (Å²) < 4.78 is 0. The quantitative estimate of drug-likeness (QED) is 0.820. The summed E-state index contributed by atoms with van der Waals surface area (Å²) in [6.45, 7) is 5.17. The molecule has 2 aromatic rings. The molecule has 0 saturated heterocycles. The molecular weight excluding hydrogens is 252 g/mol. The van der Waals surface area contributed by atoms with Crippen LogP contribution in [0.3, 0.4) is 0 Å². The van der Waals surface area contributed by atoms with E-state index in [4.69, 9.17) is 5.73 Å². The van der Waals surface area contributed by atoms with Gasteiger partial charge < -0.3 is 10.6 Å². The molecule has 5 nitrogen and oxygen atoms in total. The van der Waals surface area contributed by atoms with Crippen LogP contribution in [0.5, 0.6) is 0 Å². The Kier molecular flexibility index (Phi) is 4.40. The smallest absolute Gasteiger partial charge is 0.257 e. The van der Waals surface area contributed by atoms with Crippen molar-refractivity contribution in [2.24, 2.45) is 0 Å². The highest BCUT2D eigenvalue weighted by molar-refractivity contribution is 5.95. The Morgan fingerprint density at radius 1 is 1.45 bits per heavy atom. The maximum Gasteiger partial charge on any atom is 0.257 e. The van der Waals surface area contributed by atoms with Crippen molar-refractivity contribution in [3.63, 3.8) is 0 Å². The molecule has 5 heteroatoms. The Morgan fingerprint density at radius 2 is 2.25 bits per heavy atom. The number of benzene rings is 1. The number of nitrogens with zero attached hydrogens (tertiary/aromatic N) is 2. The number of nitrogens with two attached hydrogens (primary N) is 1. The molecule has 1 aromatic heterocycles. The average molecular weight is 272 g/mol. The van der Waals surface area contributed by atoms with E-state index in [1.165, 1.54) is 0 Å². The number of aromatic nitrogens is 2. The highest BCUT2D eigenvalue weighted by Crippen LogP contribution is 2.14. The van der Waals surface area contributed by atoms with Crippen LogP contribution in [0.25, 0.3) is 0 Å². The molecule has 20 heavy (non-hydrogen) atoms. The molecule has 0 radical (unpaired) electrons. The van der Waals surface area contributed by atoms with Crippen molar-refractivity contribution in [3.8, 4) is 0 Å². The van der Waals surface area contributed by atoms with Crippen LogP contribution in [0.1, 0.15) is 35.0 Å². The minimum absolute atomic E-state index is 0.000486. The topological polar surface area (TPSA) is 75.0 Å². The largest absolute Gasteiger partial charge is 0.399 e. The minimum atomic E-state index is 0.000486. The van der Waals surface area contributed by atoms with Gasteiger partial charge in [-0.1, -0.05) is 19.1 Å². The molecular formula is C15H20N4O. The molecule has 106 valence electrons. The summed E-state index contributed by atoms with van der Waals surface area (Å²) in [6, 6.07) is 7.63. The van der Waals surface area contributed by atoms with Crippen molar-refractivity contribution in [1.82, 2.24) is 15.1 Å². The number of anilines is 1. The third-order valence-electron chi connectivity index (χ3n) is 3.17. The van der Waals surface area contributed by atoms with Crippen molar-refractivity contribution < 1.29 is 4.79 Å². The fraction of sp³-hybridized carbons (Fsp3) is 0.333. The van der Waals surface area contributed by atoms with Crippen LogP contribution in [0.2, 0.25) is 0 Å². The first-order valence-electron chi connectivity index (χ1n) is 6.75. The van der Waals surface area contributed by atoms with Gasteiger partial charge in [0.1, 0.15) is 0 Å². The molecule has 1 amide bonds. The summed E-state index contributed by atoms with van der Waals surface area (Å²) in [7, 11) is 0. The number of aromatic amines is 1. The summed E-state index contributed by atoms with van der Waals surface area (Å²) in [5.41, 5.74) is 8.96. The summed E-state index contributed by atoms with van der Waals surface area (Å²) in [4.78, 5) is 14.4. The fourth-order valence-corrected chi connectivity index (χ4v) is 2.17. The average Bonchev–Trinajstić information content (AvgIpc) is 2.84. The van der Waals surface area contributed by atoms with Crippen molar-refractivity contribution in [2.45, 2.75) is 26.8 Å². The van der Waals surface area contributed by atoms with Gasteiger partial charge >= 0.3 is 0 Å². The van der Waals surface area contributed by atoms with Gasteiger partial charge in [-0.15, -0.1) is 0 Å². The van der Waals surface area contributed by atoms with Crippen molar-refractivity contribution in [1.29, 1.82) is 0 Å². The second kappa shape index (κ2) is 6.23. The van der Waals surface area contributed by atoms with Gasteiger partial charge in [0.25, 0.3) is 5.91 Å². The first-order valence-corrected chi connectivity index (χ1v) is 6.75. The molecule has 0 bridgehead atoms. The maximum atomic E-state index is 12.5. The lowest BCUT2D eigenvalue weighted by atomic mass is 10.1. The molecule has 1 heterocycles. The molecule has 0 unspecified atom stereocenters. The number of nitrogen functional groups attached to an aromatic ring is 1. The highest BCUT2D eigenvalue weighted by atomic mass is 16.2.